The summed E-state index contributed by atoms with van der Waals surface area (Å²) in [6, 6.07) is 12.1. The molecular formula is C17H17BrO2. The van der Waals surface area contributed by atoms with Crippen molar-refractivity contribution < 1.29 is 9.84 Å². The molecule has 2 aromatic carbocycles. The van der Waals surface area contributed by atoms with E-state index in [-0.39, 0.29) is 6.10 Å². The van der Waals surface area contributed by atoms with Gasteiger partial charge in [0, 0.05) is 16.5 Å². The molecule has 0 aliphatic carbocycles. The van der Waals surface area contributed by atoms with Crippen LogP contribution in [0.1, 0.15) is 40.9 Å². The number of benzene rings is 2. The standard InChI is InChI=1S/C17H17BrO2/c1-10-3-4-11(2)14(7-10)17-9-15(19)13-6-5-12(18)8-16(13)20-17/h3-8,15,17,19H,9H2,1-2H3/t15-,17?/m1/s1. The molecule has 1 N–H and O–H groups in total. The third kappa shape index (κ3) is 2.48. The first-order valence-corrected chi connectivity index (χ1v) is 7.55. The zero-order valence-electron chi connectivity index (χ0n) is 11.6. The molecule has 0 saturated heterocycles. The zero-order valence-corrected chi connectivity index (χ0v) is 13.1. The fourth-order valence-corrected chi connectivity index (χ4v) is 3.05. The monoisotopic (exact) mass is 332 g/mol. The number of rotatable bonds is 1. The van der Waals surface area contributed by atoms with E-state index in [1.54, 1.807) is 0 Å². The lowest BCUT2D eigenvalue weighted by molar-refractivity contribution is 0.0654. The van der Waals surface area contributed by atoms with E-state index in [1.807, 2.05) is 18.2 Å². The topological polar surface area (TPSA) is 29.5 Å². The van der Waals surface area contributed by atoms with Crippen molar-refractivity contribution in [1.29, 1.82) is 0 Å². The second-order valence-electron chi connectivity index (χ2n) is 5.40. The molecule has 2 atom stereocenters. The molecule has 3 rings (SSSR count). The first kappa shape index (κ1) is 13.7. The molecule has 3 heteroatoms. The van der Waals surface area contributed by atoms with Gasteiger partial charge in [0.05, 0.1) is 6.10 Å². The highest BCUT2D eigenvalue weighted by atomic mass is 79.9. The van der Waals surface area contributed by atoms with Crippen LogP contribution < -0.4 is 4.74 Å². The van der Waals surface area contributed by atoms with E-state index in [4.69, 9.17) is 4.74 Å². The molecule has 2 aromatic rings. The second-order valence-corrected chi connectivity index (χ2v) is 6.32. The van der Waals surface area contributed by atoms with Gasteiger partial charge in [0.2, 0.25) is 0 Å². The molecule has 0 amide bonds. The highest BCUT2D eigenvalue weighted by Gasteiger charge is 2.28. The van der Waals surface area contributed by atoms with E-state index >= 15 is 0 Å². The predicted octanol–water partition coefficient (Wildman–Crippen LogP) is 4.62. The summed E-state index contributed by atoms with van der Waals surface area (Å²) in [5.41, 5.74) is 4.44. The Bertz CT molecular complexity index is 651. The lowest BCUT2D eigenvalue weighted by atomic mass is 9.92. The molecule has 0 saturated carbocycles. The van der Waals surface area contributed by atoms with E-state index in [0.29, 0.717) is 6.42 Å². The highest BCUT2D eigenvalue weighted by Crippen LogP contribution is 2.42. The number of aliphatic hydroxyl groups excluding tert-OH is 1. The Kier molecular flexibility index (Phi) is 3.57. The summed E-state index contributed by atoms with van der Waals surface area (Å²) in [7, 11) is 0. The van der Waals surface area contributed by atoms with Gasteiger partial charge < -0.3 is 9.84 Å². The van der Waals surface area contributed by atoms with Crippen LogP contribution in [0.25, 0.3) is 0 Å². The summed E-state index contributed by atoms with van der Waals surface area (Å²) in [5.74, 6) is 0.768. The third-order valence-electron chi connectivity index (χ3n) is 3.82. The van der Waals surface area contributed by atoms with Gasteiger partial charge in [0.15, 0.2) is 0 Å². The maximum absolute atomic E-state index is 10.3. The van der Waals surface area contributed by atoms with Crippen molar-refractivity contribution in [1.82, 2.24) is 0 Å². The molecule has 2 nitrogen and oxygen atoms in total. The summed E-state index contributed by atoms with van der Waals surface area (Å²) < 4.78 is 7.08. The Labute approximate surface area is 127 Å². The van der Waals surface area contributed by atoms with Gasteiger partial charge in [-0.3, -0.25) is 0 Å². The fraction of sp³-hybridized carbons (Fsp3) is 0.294. The number of halogens is 1. The third-order valence-corrected chi connectivity index (χ3v) is 4.32. The summed E-state index contributed by atoms with van der Waals surface area (Å²) in [6.45, 7) is 4.16. The molecule has 1 unspecified atom stereocenters. The lowest BCUT2D eigenvalue weighted by Gasteiger charge is -2.31. The maximum Gasteiger partial charge on any atom is 0.127 e. The number of ether oxygens (including phenoxy) is 1. The molecule has 104 valence electrons. The molecular weight excluding hydrogens is 316 g/mol. The zero-order chi connectivity index (χ0) is 14.3. The minimum absolute atomic E-state index is 0.0910. The predicted molar refractivity (Wildman–Crippen MR) is 83.0 cm³/mol. The smallest absolute Gasteiger partial charge is 0.127 e. The molecule has 1 heterocycles. The largest absolute Gasteiger partial charge is 0.485 e. The molecule has 1 aliphatic heterocycles. The number of aryl methyl sites for hydroxylation is 2. The number of aliphatic hydroxyl groups is 1. The fourth-order valence-electron chi connectivity index (χ4n) is 2.71. The van der Waals surface area contributed by atoms with E-state index in [1.165, 1.54) is 11.1 Å². The summed E-state index contributed by atoms with van der Waals surface area (Å²) in [4.78, 5) is 0. The summed E-state index contributed by atoms with van der Waals surface area (Å²) in [5, 5.41) is 10.3. The van der Waals surface area contributed by atoms with Crippen LogP contribution in [0.3, 0.4) is 0 Å². The first-order valence-electron chi connectivity index (χ1n) is 6.76. The van der Waals surface area contributed by atoms with Crippen molar-refractivity contribution in [3.8, 4) is 5.75 Å². The second kappa shape index (κ2) is 5.23. The average molecular weight is 333 g/mol. The van der Waals surface area contributed by atoms with Gasteiger partial charge in [-0.05, 0) is 37.1 Å². The quantitative estimate of drug-likeness (QED) is 0.825. The molecule has 0 radical (unpaired) electrons. The van der Waals surface area contributed by atoms with Gasteiger partial charge in [-0.15, -0.1) is 0 Å². The van der Waals surface area contributed by atoms with Crippen LogP contribution in [0.2, 0.25) is 0 Å². The number of hydrogen-bond acceptors (Lipinski definition) is 2. The van der Waals surface area contributed by atoms with Crippen LogP contribution in [0.5, 0.6) is 5.75 Å². The molecule has 0 spiro atoms. The van der Waals surface area contributed by atoms with Gasteiger partial charge in [0.1, 0.15) is 11.9 Å². The minimum atomic E-state index is -0.475. The molecule has 0 bridgehead atoms. The van der Waals surface area contributed by atoms with Crippen LogP contribution in [0.15, 0.2) is 40.9 Å². The van der Waals surface area contributed by atoms with Crippen molar-refractivity contribution in [2.24, 2.45) is 0 Å². The normalized spacial score (nSPS) is 21.2. The van der Waals surface area contributed by atoms with Crippen LogP contribution in [-0.4, -0.2) is 5.11 Å². The highest BCUT2D eigenvalue weighted by molar-refractivity contribution is 9.10. The van der Waals surface area contributed by atoms with Crippen molar-refractivity contribution >= 4 is 15.9 Å². The Morgan fingerprint density at radius 2 is 1.90 bits per heavy atom. The van der Waals surface area contributed by atoms with E-state index in [0.717, 1.165) is 21.3 Å². The Balaban J connectivity index is 2.00. The van der Waals surface area contributed by atoms with Gasteiger partial charge in [-0.25, -0.2) is 0 Å². The summed E-state index contributed by atoms with van der Waals surface area (Å²) >= 11 is 3.45. The number of hydrogen-bond donors (Lipinski definition) is 1. The SMILES string of the molecule is Cc1ccc(C)c(C2C[C@@H](O)c3ccc(Br)cc3O2)c1. The minimum Gasteiger partial charge on any atom is -0.485 e. The van der Waals surface area contributed by atoms with Gasteiger partial charge in [-0.2, -0.15) is 0 Å². The molecule has 0 fully saturated rings. The van der Waals surface area contributed by atoms with Crippen LogP contribution in [0, 0.1) is 13.8 Å². The average Bonchev–Trinajstić information content (AvgIpc) is 2.41. The van der Waals surface area contributed by atoms with Crippen molar-refractivity contribution in [2.75, 3.05) is 0 Å². The van der Waals surface area contributed by atoms with Gasteiger partial charge in [-0.1, -0.05) is 45.8 Å². The molecule has 20 heavy (non-hydrogen) atoms. The maximum atomic E-state index is 10.3. The van der Waals surface area contributed by atoms with Crippen molar-refractivity contribution in [3.63, 3.8) is 0 Å². The van der Waals surface area contributed by atoms with E-state index in [2.05, 4.69) is 48.0 Å². The summed E-state index contributed by atoms with van der Waals surface area (Å²) in [6.07, 6.45) is 0.0299. The van der Waals surface area contributed by atoms with Gasteiger partial charge >= 0.3 is 0 Å². The molecule has 1 aliphatic rings. The van der Waals surface area contributed by atoms with E-state index < -0.39 is 6.10 Å². The van der Waals surface area contributed by atoms with Crippen LogP contribution in [-0.2, 0) is 0 Å². The number of fused-ring (bicyclic) bond motifs is 1. The lowest BCUT2D eigenvalue weighted by Crippen LogP contribution is -2.19. The Morgan fingerprint density at radius 3 is 2.70 bits per heavy atom. The van der Waals surface area contributed by atoms with Gasteiger partial charge in [0.25, 0.3) is 0 Å². The van der Waals surface area contributed by atoms with Crippen LogP contribution in [0.4, 0.5) is 0 Å². The van der Waals surface area contributed by atoms with Crippen molar-refractivity contribution in [2.45, 2.75) is 32.5 Å². The Hall–Kier alpha value is -1.32. The molecule has 0 aromatic heterocycles. The van der Waals surface area contributed by atoms with Crippen LogP contribution >= 0.6 is 15.9 Å². The first-order chi connectivity index (χ1) is 9.54. The van der Waals surface area contributed by atoms with E-state index in [9.17, 15) is 5.11 Å². The Morgan fingerprint density at radius 1 is 1.10 bits per heavy atom. The van der Waals surface area contributed by atoms with Crippen molar-refractivity contribution in [3.05, 3.63) is 63.1 Å².